The van der Waals surface area contributed by atoms with Crippen molar-refractivity contribution in [1.82, 2.24) is 10.3 Å². The van der Waals surface area contributed by atoms with E-state index in [-0.39, 0.29) is 5.91 Å². The zero-order valence-electron chi connectivity index (χ0n) is 15.6. The van der Waals surface area contributed by atoms with Crippen LogP contribution in [0, 0.1) is 12.8 Å². The average molecular weight is 358 g/mol. The molecule has 2 heterocycles. The maximum atomic E-state index is 12.5. The number of benzene rings is 1. The van der Waals surface area contributed by atoms with Crippen LogP contribution in [0.3, 0.4) is 0 Å². The lowest BCUT2D eigenvalue weighted by molar-refractivity contribution is 0.0954. The number of anilines is 1. The van der Waals surface area contributed by atoms with Crippen LogP contribution in [0.4, 0.5) is 5.69 Å². The van der Waals surface area contributed by atoms with Crippen LogP contribution in [-0.2, 0) is 19.4 Å². The first-order chi connectivity index (χ1) is 11.9. The van der Waals surface area contributed by atoms with Crippen molar-refractivity contribution in [2.75, 3.05) is 18.5 Å². The maximum absolute atomic E-state index is 12.5. The number of thiazole rings is 1. The third-order valence-electron chi connectivity index (χ3n) is 4.58. The Kier molecular flexibility index (Phi) is 5.42. The normalized spacial score (nSPS) is 13.9. The van der Waals surface area contributed by atoms with Crippen molar-refractivity contribution in [2.45, 2.75) is 46.6 Å². The average Bonchev–Trinajstić information content (AvgIpc) is 2.92. The molecule has 0 atom stereocenters. The molecule has 0 saturated carbocycles. The minimum atomic E-state index is -0.0140. The summed E-state index contributed by atoms with van der Waals surface area (Å²) in [5.74, 6) is 0.537. The van der Waals surface area contributed by atoms with Gasteiger partial charge in [0.25, 0.3) is 5.91 Å². The summed E-state index contributed by atoms with van der Waals surface area (Å²) in [6.45, 7) is 7.94. The van der Waals surface area contributed by atoms with Gasteiger partial charge in [-0.15, -0.1) is 11.3 Å². The van der Waals surface area contributed by atoms with E-state index in [1.807, 2.05) is 6.92 Å². The lowest BCUT2D eigenvalue weighted by Gasteiger charge is -2.27. The van der Waals surface area contributed by atoms with Crippen LogP contribution < -0.4 is 10.2 Å². The Balaban J connectivity index is 1.65. The second-order valence-electron chi connectivity index (χ2n) is 7.29. The van der Waals surface area contributed by atoms with Gasteiger partial charge in [0, 0.05) is 32.2 Å². The number of amides is 1. The van der Waals surface area contributed by atoms with E-state index < -0.39 is 0 Å². The predicted octanol–water partition coefficient (Wildman–Crippen LogP) is 3.96. The van der Waals surface area contributed by atoms with Crippen LogP contribution in [-0.4, -0.2) is 24.5 Å². The number of rotatable bonds is 5. The molecule has 1 aromatic carbocycles. The van der Waals surface area contributed by atoms with Gasteiger partial charge in [-0.25, -0.2) is 4.98 Å². The smallest absolute Gasteiger partial charge is 0.263 e. The van der Waals surface area contributed by atoms with Crippen molar-refractivity contribution in [3.63, 3.8) is 0 Å². The molecule has 1 amide bonds. The Morgan fingerprint density at radius 1 is 1.40 bits per heavy atom. The third-order valence-corrected chi connectivity index (χ3v) is 5.76. The first-order valence-electron chi connectivity index (χ1n) is 9.01. The molecule has 1 aliphatic rings. The van der Waals surface area contributed by atoms with Gasteiger partial charge >= 0.3 is 0 Å². The topological polar surface area (TPSA) is 45.2 Å². The van der Waals surface area contributed by atoms with E-state index in [0.29, 0.717) is 12.5 Å². The standard InChI is InChI=1S/C20H27N3OS/c1-13(2)10-18-22-14(3)19(25-18)20(24)21-12-15-7-8-17-16(11-15)6-5-9-23(17)4/h7-8,11,13H,5-6,9-10,12H2,1-4H3,(H,21,24). The molecule has 2 aromatic rings. The van der Waals surface area contributed by atoms with Crippen molar-refractivity contribution in [2.24, 2.45) is 5.92 Å². The summed E-state index contributed by atoms with van der Waals surface area (Å²) in [6.07, 6.45) is 3.24. The number of nitrogens with zero attached hydrogens (tertiary/aromatic N) is 2. The van der Waals surface area contributed by atoms with Crippen molar-refractivity contribution in [1.29, 1.82) is 0 Å². The molecule has 0 saturated heterocycles. The lowest BCUT2D eigenvalue weighted by Crippen LogP contribution is -2.25. The molecule has 0 bridgehead atoms. The highest BCUT2D eigenvalue weighted by Crippen LogP contribution is 2.27. The van der Waals surface area contributed by atoms with Gasteiger partial charge < -0.3 is 10.2 Å². The number of carbonyl (C=O) groups is 1. The Bertz CT molecular complexity index is 766. The SMILES string of the molecule is Cc1nc(CC(C)C)sc1C(=O)NCc1ccc2c(c1)CCCN2C. The summed E-state index contributed by atoms with van der Waals surface area (Å²) >= 11 is 1.52. The first kappa shape index (κ1) is 17.9. The summed E-state index contributed by atoms with van der Waals surface area (Å²) < 4.78 is 0. The zero-order chi connectivity index (χ0) is 18.0. The molecule has 1 aliphatic heterocycles. The molecule has 5 heteroatoms. The van der Waals surface area contributed by atoms with E-state index in [9.17, 15) is 4.79 Å². The number of carbonyl (C=O) groups excluding carboxylic acids is 1. The van der Waals surface area contributed by atoms with E-state index in [4.69, 9.17) is 0 Å². The van der Waals surface area contributed by atoms with Gasteiger partial charge in [-0.1, -0.05) is 26.0 Å². The largest absolute Gasteiger partial charge is 0.374 e. The van der Waals surface area contributed by atoms with Gasteiger partial charge in [0.15, 0.2) is 0 Å². The fourth-order valence-corrected chi connectivity index (χ4v) is 4.50. The molecule has 3 rings (SSSR count). The minimum Gasteiger partial charge on any atom is -0.374 e. The van der Waals surface area contributed by atoms with Gasteiger partial charge in [0.05, 0.1) is 10.7 Å². The molecule has 25 heavy (non-hydrogen) atoms. The van der Waals surface area contributed by atoms with Gasteiger partial charge in [0.1, 0.15) is 4.88 Å². The Morgan fingerprint density at radius 3 is 2.96 bits per heavy atom. The molecule has 1 aromatic heterocycles. The van der Waals surface area contributed by atoms with E-state index in [1.54, 1.807) is 0 Å². The van der Waals surface area contributed by atoms with Gasteiger partial charge in [-0.05, 0) is 42.9 Å². The highest BCUT2D eigenvalue weighted by molar-refractivity contribution is 7.13. The quantitative estimate of drug-likeness (QED) is 0.881. The second kappa shape index (κ2) is 7.56. The highest BCUT2D eigenvalue weighted by atomic mass is 32.1. The van der Waals surface area contributed by atoms with Crippen molar-refractivity contribution < 1.29 is 4.79 Å². The lowest BCUT2D eigenvalue weighted by atomic mass is 9.99. The number of aryl methyl sites for hydroxylation is 2. The monoisotopic (exact) mass is 357 g/mol. The molecule has 0 radical (unpaired) electrons. The number of nitrogens with one attached hydrogen (secondary N) is 1. The molecule has 0 aliphatic carbocycles. The van der Waals surface area contributed by atoms with Crippen LogP contribution in [0.2, 0.25) is 0 Å². The van der Waals surface area contributed by atoms with E-state index in [0.717, 1.165) is 40.5 Å². The number of fused-ring (bicyclic) bond motifs is 1. The van der Waals surface area contributed by atoms with Crippen molar-refractivity contribution >= 4 is 22.9 Å². The number of hydrogen-bond acceptors (Lipinski definition) is 4. The summed E-state index contributed by atoms with van der Waals surface area (Å²) in [4.78, 5) is 20.1. The first-order valence-corrected chi connectivity index (χ1v) is 9.83. The number of hydrogen-bond donors (Lipinski definition) is 1. The Morgan fingerprint density at radius 2 is 2.20 bits per heavy atom. The van der Waals surface area contributed by atoms with Gasteiger partial charge in [-0.2, -0.15) is 0 Å². The molecular weight excluding hydrogens is 330 g/mol. The van der Waals surface area contributed by atoms with Gasteiger partial charge in [-0.3, -0.25) is 4.79 Å². The Labute approximate surface area is 154 Å². The summed E-state index contributed by atoms with van der Waals surface area (Å²) in [5.41, 5.74) is 4.70. The van der Waals surface area contributed by atoms with Crippen LogP contribution in [0.1, 0.15) is 51.8 Å². The number of aromatic nitrogens is 1. The van der Waals surface area contributed by atoms with Crippen molar-refractivity contribution in [3.05, 3.63) is 44.9 Å². The fraction of sp³-hybridized carbons (Fsp3) is 0.500. The predicted molar refractivity (Wildman–Crippen MR) is 105 cm³/mol. The summed E-state index contributed by atoms with van der Waals surface area (Å²) in [5, 5.41) is 4.11. The zero-order valence-corrected chi connectivity index (χ0v) is 16.4. The van der Waals surface area contributed by atoms with Crippen LogP contribution in [0.25, 0.3) is 0 Å². The third kappa shape index (κ3) is 4.21. The molecule has 1 N–H and O–H groups in total. The van der Waals surface area contributed by atoms with Gasteiger partial charge in [0.2, 0.25) is 0 Å². The van der Waals surface area contributed by atoms with E-state index in [2.05, 4.69) is 54.3 Å². The minimum absolute atomic E-state index is 0.0140. The molecule has 134 valence electrons. The summed E-state index contributed by atoms with van der Waals surface area (Å²) in [6, 6.07) is 6.52. The highest BCUT2D eigenvalue weighted by Gasteiger charge is 2.17. The fourth-order valence-electron chi connectivity index (χ4n) is 3.31. The maximum Gasteiger partial charge on any atom is 0.263 e. The summed E-state index contributed by atoms with van der Waals surface area (Å²) in [7, 11) is 2.14. The molecule has 0 fully saturated rings. The van der Waals surface area contributed by atoms with Crippen molar-refractivity contribution in [3.8, 4) is 0 Å². The molecule has 0 spiro atoms. The van der Waals surface area contributed by atoms with E-state index in [1.165, 1.54) is 29.0 Å². The second-order valence-corrected chi connectivity index (χ2v) is 8.37. The molecule has 4 nitrogen and oxygen atoms in total. The molecular formula is C20H27N3OS. The van der Waals surface area contributed by atoms with Crippen LogP contribution in [0.5, 0.6) is 0 Å². The Hall–Kier alpha value is -1.88. The van der Waals surface area contributed by atoms with Crippen LogP contribution in [0.15, 0.2) is 18.2 Å². The molecule has 0 unspecified atom stereocenters. The van der Waals surface area contributed by atoms with E-state index >= 15 is 0 Å². The van der Waals surface area contributed by atoms with Crippen LogP contribution >= 0.6 is 11.3 Å².